The Balaban J connectivity index is 2.14. The molecular weight excluding hydrogens is 255 g/mol. The Morgan fingerprint density at radius 3 is 2.32 bits per heavy atom. The first-order chi connectivity index (χ1) is 8.97. The summed E-state index contributed by atoms with van der Waals surface area (Å²) in [5.41, 5.74) is 5.74. The van der Waals surface area contributed by atoms with E-state index in [1.807, 2.05) is 0 Å². The molecule has 0 bridgehead atoms. The predicted octanol–water partition coefficient (Wildman–Crippen LogP) is 3.35. The Morgan fingerprint density at radius 1 is 1.11 bits per heavy atom. The number of hydrogen-bond donors (Lipinski definition) is 2. The second kappa shape index (κ2) is 8.27. The van der Waals surface area contributed by atoms with E-state index in [-0.39, 0.29) is 6.42 Å². The lowest BCUT2D eigenvalue weighted by Crippen LogP contribution is -2.39. The van der Waals surface area contributed by atoms with Gasteiger partial charge in [-0.25, -0.2) is 0 Å². The molecule has 0 radical (unpaired) electrons. The summed E-state index contributed by atoms with van der Waals surface area (Å²) in [7, 11) is 0. The Kier molecular flexibility index (Phi) is 7.02. The summed E-state index contributed by atoms with van der Waals surface area (Å²) < 4.78 is 35.7. The van der Waals surface area contributed by atoms with Gasteiger partial charge in [-0.15, -0.1) is 0 Å². The number of rotatable bonds is 5. The van der Waals surface area contributed by atoms with Gasteiger partial charge in [0.1, 0.15) is 0 Å². The maximum absolute atomic E-state index is 11.9. The van der Waals surface area contributed by atoms with Gasteiger partial charge < -0.3 is 11.1 Å². The highest BCUT2D eigenvalue weighted by Gasteiger charge is 2.25. The molecule has 6 heteroatoms. The smallest absolute Gasteiger partial charge is 0.370 e. The molecular formula is C13H24F3N3. The maximum atomic E-state index is 11.9. The van der Waals surface area contributed by atoms with Crippen LogP contribution in [0.1, 0.15) is 57.8 Å². The number of aliphatic imine (C=N–C) groups is 1. The van der Waals surface area contributed by atoms with Crippen LogP contribution in [0.25, 0.3) is 0 Å². The summed E-state index contributed by atoms with van der Waals surface area (Å²) in [4.78, 5) is 4.08. The Morgan fingerprint density at radius 2 is 1.74 bits per heavy atom. The number of nitrogens with one attached hydrogen (secondary N) is 1. The van der Waals surface area contributed by atoms with Gasteiger partial charge in [-0.1, -0.05) is 25.7 Å². The summed E-state index contributed by atoms with van der Waals surface area (Å²) in [5.74, 6) is 0.374. The number of alkyl halides is 3. The van der Waals surface area contributed by atoms with Gasteiger partial charge >= 0.3 is 6.18 Å². The zero-order valence-corrected chi connectivity index (χ0v) is 11.3. The monoisotopic (exact) mass is 279 g/mol. The third kappa shape index (κ3) is 8.72. The Labute approximate surface area is 112 Å². The molecule has 0 aliphatic heterocycles. The predicted molar refractivity (Wildman–Crippen MR) is 71.0 cm³/mol. The van der Waals surface area contributed by atoms with Gasteiger partial charge in [0.05, 0.1) is 0 Å². The molecule has 0 atom stereocenters. The molecule has 1 rings (SSSR count). The van der Waals surface area contributed by atoms with E-state index in [2.05, 4.69) is 10.3 Å². The molecule has 0 aromatic carbocycles. The first kappa shape index (κ1) is 16.1. The van der Waals surface area contributed by atoms with E-state index >= 15 is 0 Å². The van der Waals surface area contributed by atoms with Crippen molar-refractivity contribution in [2.24, 2.45) is 10.7 Å². The van der Waals surface area contributed by atoms with Crippen molar-refractivity contribution in [1.29, 1.82) is 0 Å². The van der Waals surface area contributed by atoms with Crippen molar-refractivity contribution in [1.82, 2.24) is 5.32 Å². The van der Waals surface area contributed by atoms with Gasteiger partial charge in [-0.2, -0.15) is 13.2 Å². The molecule has 0 spiro atoms. The van der Waals surface area contributed by atoms with Crippen molar-refractivity contribution in [3.05, 3.63) is 0 Å². The molecule has 1 saturated carbocycles. The average molecular weight is 279 g/mol. The minimum Gasteiger partial charge on any atom is -0.370 e. The van der Waals surface area contributed by atoms with Gasteiger partial charge in [-0.05, 0) is 25.7 Å². The van der Waals surface area contributed by atoms with E-state index < -0.39 is 12.6 Å². The largest absolute Gasteiger partial charge is 0.389 e. The number of nitrogens with two attached hydrogens (primary N) is 1. The van der Waals surface area contributed by atoms with Crippen LogP contribution in [-0.4, -0.2) is 24.7 Å². The molecule has 112 valence electrons. The number of nitrogens with zero attached hydrogens (tertiary/aromatic N) is 1. The van der Waals surface area contributed by atoms with Crippen molar-refractivity contribution in [2.45, 2.75) is 70.0 Å². The van der Waals surface area contributed by atoms with E-state index in [0.717, 1.165) is 12.8 Å². The van der Waals surface area contributed by atoms with Crippen LogP contribution >= 0.6 is 0 Å². The minimum atomic E-state index is -4.06. The van der Waals surface area contributed by atoms with E-state index in [9.17, 15) is 13.2 Å². The fourth-order valence-corrected chi connectivity index (χ4v) is 2.32. The average Bonchev–Trinajstić information content (AvgIpc) is 2.55. The van der Waals surface area contributed by atoms with Gasteiger partial charge in [0.15, 0.2) is 5.96 Å². The van der Waals surface area contributed by atoms with Crippen LogP contribution in [-0.2, 0) is 0 Å². The van der Waals surface area contributed by atoms with Crippen molar-refractivity contribution in [3.8, 4) is 0 Å². The highest BCUT2D eigenvalue weighted by atomic mass is 19.4. The summed E-state index contributed by atoms with van der Waals surface area (Å²) in [5, 5.41) is 3.17. The first-order valence-electron chi connectivity index (χ1n) is 7.10. The Bertz CT molecular complexity index is 269. The van der Waals surface area contributed by atoms with Gasteiger partial charge in [0, 0.05) is 19.0 Å². The molecule has 1 aliphatic carbocycles. The molecule has 0 amide bonds. The summed E-state index contributed by atoms with van der Waals surface area (Å²) in [6.45, 7) is 0.363. The third-order valence-corrected chi connectivity index (χ3v) is 3.36. The first-order valence-corrected chi connectivity index (χ1v) is 7.10. The van der Waals surface area contributed by atoms with Crippen LogP contribution in [0.4, 0.5) is 13.2 Å². The third-order valence-electron chi connectivity index (χ3n) is 3.36. The minimum absolute atomic E-state index is 0.115. The Hall–Kier alpha value is -0.940. The molecule has 0 saturated heterocycles. The van der Waals surface area contributed by atoms with Crippen LogP contribution in [0, 0.1) is 0 Å². The van der Waals surface area contributed by atoms with Crippen LogP contribution in [0.15, 0.2) is 4.99 Å². The summed E-state index contributed by atoms with van der Waals surface area (Å²) in [6.07, 6.45) is 2.89. The SMILES string of the molecule is NC(=NCCCCC(F)(F)F)NC1CCCCCC1. The summed E-state index contributed by atoms with van der Waals surface area (Å²) in [6, 6.07) is 0.376. The zero-order chi connectivity index (χ0) is 14.1. The molecule has 3 nitrogen and oxygen atoms in total. The summed E-state index contributed by atoms with van der Waals surface area (Å²) >= 11 is 0. The molecule has 0 heterocycles. The molecule has 19 heavy (non-hydrogen) atoms. The lowest BCUT2D eigenvalue weighted by molar-refractivity contribution is -0.135. The van der Waals surface area contributed by atoms with Gasteiger partial charge in [0.2, 0.25) is 0 Å². The quantitative estimate of drug-likeness (QED) is 0.351. The standard InChI is InChI=1S/C13H24F3N3/c14-13(15,16)9-5-6-10-18-12(17)19-11-7-3-1-2-4-8-11/h11H,1-10H2,(H3,17,18,19). The van der Waals surface area contributed by atoms with E-state index in [1.54, 1.807) is 0 Å². The number of guanidine groups is 1. The highest BCUT2D eigenvalue weighted by Crippen LogP contribution is 2.22. The molecule has 0 aromatic heterocycles. The van der Waals surface area contributed by atoms with E-state index in [1.165, 1.54) is 25.7 Å². The van der Waals surface area contributed by atoms with Gasteiger partial charge in [0.25, 0.3) is 0 Å². The molecule has 0 unspecified atom stereocenters. The van der Waals surface area contributed by atoms with Gasteiger partial charge in [-0.3, -0.25) is 4.99 Å². The number of halogens is 3. The topological polar surface area (TPSA) is 50.4 Å². The lowest BCUT2D eigenvalue weighted by atomic mass is 10.1. The molecule has 1 aliphatic rings. The van der Waals surface area contributed by atoms with E-state index in [4.69, 9.17) is 5.73 Å². The zero-order valence-electron chi connectivity index (χ0n) is 11.3. The molecule has 3 N–H and O–H groups in total. The van der Waals surface area contributed by atoms with Crippen molar-refractivity contribution in [2.75, 3.05) is 6.54 Å². The van der Waals surface area contributed by atoms with E-state index in [0.29, 0.717) is 25.0 Å². The fourth-order valence-electron chi connectivity index (χ4n) is 2.32. The second-order valence-corrected chi connectivity index (χ2v) is 5.17. The lowest BCUT2D eigenvalue weighted by Gasteiger charge is -2.16. The van der Waals surface area contributed by atoms with Crippen molar-refractivity contribution < 1.29 is 13.2 Å². The maximum Gasteiger partial charge on any atom is 0.389 e. The van der Waals surface area contributed by atoms with Crippen LogP contribution < -0.4 is 11.1 Å². The normalized spacial score (nSPS) is 19.2. The van der Waals surface area contributed by atoms with Crippen molar-refractivity contribution in [3.63, 3.8) is 0 Å². The van der Waals surface area contributed by atoms with Crippen molar-refractivity contribution >= 4 is 5.96 Å². The highest BCUT2D eigenvalue weighted by molar-refractivity contribution is 5.78. The molecule has 1 fully saturated rings. The fraction of sp³-hybridized carbons (Fsp3) is 0.923. The molecule has 0 aromatic rings. The number of unbranched alkanes of at least 4 members (excludes halogenated alkanes) is 1. The second-order valence-electron chi connectivity index (χ2n) is 5.17. The van der Waals surface area contributed by atoms with Crippen LogP contribution in [0.3, 0.4) is 0 Å². The number of hydrogen-bond acceptors (Lipinski definition) is 1. The van der Waals surface area contributed by atoms with Crippen LogP contribution in [0.2, 0.25) is 0 Å². The van der Waals surface area contributed by atoms with Crippen LogP contribution in [0.5, 0.6) is 0 Å².